The molecule has 1 aliphatic heterocycles. The average molecular weight is 467 g/mol. The van der Waals surface area contributed by atoms with E-state index in [1.807, 2.05) is 0 Å². The third-order valence-electron chi connectivity index (χ3n) is 4.44. The largest absolute Gasteiger partial charge is 0.475 e. The highest BCUT2D eigenvalue weighted by Crippen LogP contribution is 2.33. The third-order valence-corrected chi connectivity index (χ3v) is 4.72. The van der Waals surface area contributed by atoms with Crippen LogP contribution < -0.4 is 15.4 Å². The molecule has 2 rings (SSSR count). The lowest BCUT2D eigenvalue weighted by Gasteiger charge is -2.28. The van der Waals surface area contributed by atoms with Gasteiger partial charge in [0, 0.05) is 12.6 Å². The number of ether oxygens (including phenoxy) is 1. The minimum absolute atomic E-state index is 0. The Morgan fingerprint density at radius 1 is 1.46 bits per heavy atom. The van der Waals surface area contributed by atoms with Crippen LogP contribution in [0.1, 0.15) is 31.7 Å². The van der Waals surface area contributed by atoms with Crippen LogP contribution in [-0.2, 0) is 11.0 Å². The molecule has 2 N–H and O–H groups in total. The predicted molar refractivity (Wildman–Crippen MR) is 107 cm³/mol. The lowest BCUT2D eigenvalue weighted by atomic mass is 9.85. The van der Waals surface area contributed by atoms with E-state index in [-0.39, 0.29) is 60.7 Å². The van der Waals surface area contributed by atoms with Crippen LogP contribution in [0.15, 0.2) is 12.3 Å². The number of nitrogens with zero attached hydrogens (tertiary/aromatic N) is 1. The average Bonchev–Trinajstić information content (AvgIpc) is 2.59. The Balaban J connectivity index is 0.00000364. The second kappa shape index (κ2) is 12.6. The number of carbonyl (C=O) groups is 1. The lowest BCUT2D eigenvalue weighted by molar-refractivity contribution is -0.137. The quantitative estimate of drug-likeness (QED) is 0.594. The number of rotatable bonds is 7. The van der Waals surface area contributed by atoms with Crippen molar-refractivity contribution in [1.82, 2.24) is 15.6 Å². The van der Waals surface area contributed by atoms with Gasteiger partial charge in [-0.25, -0.2) is 4.98 Å². The zero-order valence-corrected chi connectivity index (χ0v) is 17.7. The van der Waals surface area contributed by atoms with E-state index in [1.165, 1.54) is 0 Å². The van der Waals surface area contributed by atoms with Crippen LogP contribution in [0, 0.1) is 11.8 Å². The zero-order valence-electron chi connectivity index (χ0n) is 15.4. The van der Waals surface area contributed by atoms with Crippen molar-refractivity contribution in [2.75, 3.05) is 26.2 Å². The van der Waals surface area contributed by atoms with Crippen LogP contribution in [0.4, 0.5) is 13.2 Å². The number of amides is 1. The number of carbonyl (C=O) groups excluding carboxylic acids is 1. The van der Waals surface area contributed by atoms with Crippen molar-refractivity contribution in [3.05, 3.63) is 22.8 Å². The van der Waals surface area contributed by atoms with E-state index in [9.17, 15) is 18.0 Å². The minimum Gasteiger partial charge on any atom is -0.475 e. The van der Waals surface area contributed by atoms with E-state index in [0.717, 1.165) is 32.0 Å². The number of alkyl halides is 3. The molecule has 1 fully saturated rings. The highest BCUT2D eigenvalue weighted by molar-refractivity contribution is 6.31. The summed E-state index contributed by atoms with van der Waals surface area (Å²) in [7, 11) is 0. The Morgan fingerprint density at radius 2 is 2.18 bits per heavy atom. The summed E-state index contributed by atoms with van der Waals surface area (Å²) in [5.41, 5.74) is -0.936. The van der Waals surface area contributed by atoms with Crippen molar-refractivity contribution >= 4 is 42.3 Å². The van der Waals surface area contributed by atoms with Crippen LogP contribution in [0.25, 0.3) is 0 Å². The number of hydrogen-bond acceptors (Lipinski definition) is 4. The maximum atomic E-state index is 12.5. The molecule has 0 aliphatic carbocycles. The van der Waals surface area contributed by atoms with Gasteiger partial charge in [0.1, 0.15) is 11.6 Å². The van der Waals surface area contributed by atoms with Crippen LogP contribution in [-0.4, -0.2) is 37.1 Å². The normalized spacial score (nSPS) is 17.7. The van der Waals surface area contributed by atoms with Gasteiger partial charge in [0.15, 0.2) is 0 Å². The Labute approximate surface area is 180 Å². The van der Waals surface area contributed by atoms with E-state index in [4.69, 9.17) is 16.3 Å². The van der Waals surface area contributed by atoms with Gasteiger partial charge in [-0.1, -0.05) is 18.5 Å². The first kappa shape index (κ1) is 27.0. The van der Waals surface area contributed by atoms with Gasteiger partial charge in [0.2, 0.25) is 11.8 Å². The molecule has 1 amide bonds. The molecule has 2 heterocycles. The van der Waals surface area contributed by atoms with Crippen LogP contribution in [0.2, 0.25) is 5.02 Å². The Hall–Kier alpha value is -0.960. The van der Waals surface area contributed by atoms with Gasteiger partial charge in [0.05, 0.1) is 12.1 Å². The van der Waals surface area contributed by atoms with E-state index in [1.54, 1.807) is 0 Å². The molecule has 1 aromatic heterocycles. The second-order valence-electron chi connectivity index (χ2n) is 6.49. The summed E-state index contributed by atoms with van der Waals surface area (Å²) >= 11 is 5.75. The van der Waals surface area contributed by atoms with Gasteiger partial charge in [-0.2, -0.15) is 13.2 Å². The number of aromatic nitrogens is 1. The van der Waals surface area contributed by atoms with Gasteiger partial charge < -0.3 is 15.4 Å². The molecule has 11 heteroatoms. The third kappa shape index (κ3) is 8.59. The van der Waals surface area contributed by atoms with Crippen molar-refractivity contribution in [1.29, 1.82) is 0 Å². The van der Waals surface area contributed by atoms with Gasteiger partial charge in [-0.15, -0.1) is 24.8 Å². The van der Waals surface area contributed by atoms with Crippen molar-refractivity contribution in [3.8, 4) is 5.88 Å². The highest BCUT2D eigenvalue weighted by atomic mass is 35.5. The van der Waals surface area contributed by atoms with Crippen molar-refractivity contribution in [2.24, 2.45) is 11.8 Å². The molecule has 1 aromatic rings. The molecule has 0 spiro atoms. The molecule has 0 bridgehead atoms. The summed E-state index contributed by atoms with van der Waals surface area (Å²) in [6.07, 6.45) is -1.15. The summed E-state index contributed by atoms with van der Waals surface area (Å²) in [5, 5.41) is 5.86. The fourth-order valence-corrected chi connectivity index (χ4v) is 3.14. The highest BCUT2D eigenvalue weighted by Gasteiger charge is 2.31. The molecule has 2 atom stereocenters. The van der Waals surface area contributed by atoms with Gasteiger partial charge in [-0.3, -0.25) is 4.79 Å². The summed E-state index contributed by atoms with van der Waals surface area (Å²) in [6.45, 7) is 4.35. The molecule has 1 aliphatic rings. The summed E-state index contributed by atoms with van der Waals surface area (Å²) < 4.78 is 42.9. The Kier molecular flexibility index (Phi) is 12.1. The Bertz CT molecular complexity index is 615. The maximum absolute atomic E-state index is 12.5. The summed E-state index contributed by atoms with van der Waals surface area (Å²) in [4.78, 5) is 15.6. The number of piperidine rings is 1. The van der Waals surface area contributed by atoms with Gasteiger partial charge in [-0.05, 0) is 43.8 Å². The van der Waals surface area contributed by atoms with Crippen LogP contribution in [0.5, 0.6) is 5.88 Å². The summed E-state index contributed by atoms with van der Waals surface area (Å²) in [5.74, 6) is 0.629. The molecular weight excluding hydrogens is 442 g/mol. The minimum atomic E-state index is -4.51. The molecule has 0 radical (unpaired) electrons. The smallest absolute Gasteiger partial charge is 0.417 e. The van der Waals surface area contributed by atoms with Crippen molar-refractivity contribution in [2.45, 2.75) is 32.4 Å². The maximum Gasteiger partial charge on any atom is 0.417 e. The van der Waals surface area contributed by atoms with E-state index < -0.39 is 11.7 Å². The first-order valence-corrected chi connectivity index (χ1v) is 8.98. The SMILES string of the molecule is CC(CC(=O)NCCOc1ncc(C(F)(F)F)cc1Cl)C1CCCNC1.Cl.Cl. The standard InChI is InChI=1S/C17H23ClF3N3O2.2ClH/c1-11(12-3-2-4-22-9-12)7-15(25)23-5-6-26-16-14(18)8-13(10-24-16)17(19,20)21;;/h8,10-12,22H,2-7,9H2,1H3,(H,23,25);2*1H. The first-order chi connectivity index (χ1) is 12.3. The molecule has 1 saturated heterocycles. The molecule has 2 unspecified atom stereocenters. The fourth-order valence-electron chi connectivity index (χ4n) is 2.92. The van der Waals surface area contributed by atoms with Crippen molar-refractivity contribution in [3.63, 3.8) is 0 Å². The molecule has 0 saturated carbocycles. The molecular formula is C17H25Cl3F3N3O2. The van der Waals surface area contributed by atoms with Gasteiger partial charge in [0.25, 0.3) is 0 Å². The molecule has 162 valence electrons. The lowest BCUT2D eigenvalue weighted by Crippen LogP contribution is -2.36. The molecule has 5 nitrogen and oxygen atoms in total. The number of halogens is 6. The van der Waals surface area contributed by atoms with E-state index in [0.29, 0.717) is 18.5 Å². The summed E-state index contributed by atoms with van der Waals surface area (Å²) in [6, 6.07) is 0.766. The van der Waals surface area contributed by atoms with Crippen LogP contribution in [0.3, 0.4) is 0 Å². The topological polar surface area (TPSA) is 63.2 Å². The van der Waals surface area contributed by atoms with Crippen molar-refractivity contribution < 1.29 is 22.7 Å². The molecule has 0 aromatic carbocycles. The van der Waals surface area contributed by atoms with Crippen LogP contribution >= 0.6 is 36.4 Å². The monoisotopic (exact) mass is 465 g/mol. The Morgan fingerprint density at radius 3 is 2.75 bits per heavy atom. The van der Waals surface area contributed by atoms with E-state index in [2.05, 4.69) is 22.5 Å². The van der Waals surface area contributed by atoms with Gasteiger partial charge >= 0.3 is 6.18 Å². The fraction of sp³-hybridized carbons (Fsp3) is 0.647. The predicted octanol–water partition coefficient (Wildman–Crippen LogP) is 4.12. The van der Waals surface area contributed by atoms with E-state index >= 15 is 0 Å². The second-order valence-corrected chi connectivity index (χ2v) is 6.90. The number of hydrogen-bond donors (Lipinski definition) is 2. The molecule has 28 heavy (non-hydrogen) atoms. The first-order valence-electron chi connectivity index (χ1n) is 8.60. The number of pyridine rings is 1. The zero-order chi connectivity index (χ0) is 19.2. The number of nitrogens with one attached hydrogen (secondary N) is 2.